The van der Waals surface area contributed by atoms with Gasteiger partial charge < -0.3 is 5.32 Å². The van der Waals surface area contributed by atoms with E-state index in [4.69, 9.17) is 0 Å². The van der Waals surface area contributed by atoms with Crippen LogP contribution in [0, 0.1) is 6.92 Å². The van der Waals surface area contributed by atoms with Gasteiger partial charge >= 0.3 is 0 Å². The van der Waals surface area contributed by atoms with Gasteiger partial charge in [-0.1, -0.05) is 42.6 Å². The first-order chi connectivity index (χ1) is 8.65. The van der Waals surface area contributed by atoms with Crippen LogP contribution in [0.4, 0.5) is 0 Å². The van der Waals surface area contributed by atoms with Gasteiger partial charge in [-0.05, 0) is 42.5 Å². The summed E-state index contributed by atoms with van der Waals surface area (Å²) >= 11 is 1.49. The molecule has 0 amide bonds. The molecule has 18 heavy (non-hydrogen) atoms. The maximum atomic E-state index is 4.27. The predicted molar refractivity (Wildman–Crippen MR) is 76.1 cm³/mol. The molecule has 1 atom stereocenters. The average Bonchev–Trinajstić information content (AvgIpc) is 2.82. The summed E-state index contributed by atoms with van der Waals surface area (Å²) in [4.78, 5) is 1.22. The SMILES string of the molecule is CNC(c1ccccc1C)c1snnc1C(C)C. The minimum Gasteiger partial charge on any atom is -0.309 e. The van der Waals surface area contributed by atoms with Crippen LogP contribution in [0.3, 0.4) is 0 Å². The molecule has 2 aromatic rings. The zero-order chi connectivity index (χ0) is 13.1. The first-order valence-corrected chi connectivity index (χ1v) is 6.97. The maximum absolute atomic E-state index is 4.27. The highest BCUT2D eigenvalue weighted by Gasteiger charge is 2.22. The van der Waals surface area contributed by atoms with Crippen molar-refractivity contribution in [2.24, 2.45) is 0 Å². The van der Waals surface area contributed by atoms with Crippen LogP contribution < -0.4 is 5.32 Å². The first kappa shape index (κ1) is 13.2. The van der Waals surface area contributed by atoms with Crippen molar-refractivity contribution < 1.29 is 0 Å². The van der Waals surface area contributed by atoms with Crippen molar-refractivity contribution in [1.82, 2.24) is 14.9 Å². The van der Waals surface area contributed by atoms with E-state index in [1.165, 1.54) is 27.5 Å². The second-order valence-electron chi connectivity index (χ2n) is 4.76. The van der Waals surface area contributed by atoms with E-state index in [1.54, 1.807) is 0 Å². The van der Waals surface area contributed by atoms with Crippen LogP contribution in [0.25, 0.3) is 0 Å². The number of aromatic nitrogens is 2. The van der Waals surface area contributed by atoms with E-state index in [0.717, 1.165) is 5.69 Å². The van der Waals surface area contributed by atoms with Crippen LogP contribution in [0.2, 0.25) is 0 Å². The van der Waals surface area contributed by atoms with E-state index < -0.39 is 0 Å². The maximum Gasteiger partial charge on any atom is 0.0832 e. The quantitative estimate of drug-likeness (QED) is 0.918. The van der Waals surface area contributed by atoms with E-state index in [2.05, 4.69) is 59.9 Å². The van der Waals surface area contributed by atoms with Gasteiger partial charge in [-0.3, -0.25) is 0 Å². The Kier molecular flexibility index (Phi) is 4.09. The summed E-state index contributed by atoms with van der Waals surface area (Å²) in [5.74, 6) is 0.401. The lowest BCUT2D eigenvalue weighted by atomic mass is 9.97. The first-order valence-electron chi connectivity index (χ1n) is 6.20. The molecule has 2 rings (SSSR count). The van der Waals surface area contributed by atoms with E-state index in [9.17, 15) is 0 Å². The number of hydrogen-bond acceptors (Lipinski definition) is 4. The summed E-state index contributed by atoms with van der Waals surface area (Å²) in [7, 11) is 1.99. The number of hydrogen-bond donors (Lipinski definition) is 1. The van der Waals surface area contributed by atoms with Gasteiger partial charge in [0.1, 0.15) is 0 Å². The average molecular weight is 261 g/mol. The van der Waals surface area contributed by atoms with Crippen LogP contribution in [0.1, 0.15) is 47.5 Å². The van der Waals surface area contributed by atoms with Gasteiger partial charge in [-0.2, -0.15) is 0 Å². The van der Waals surface area contributed by atoms with Crippen LogP contribution in [0.15, 0.2) is 24.3 Å². The predicted octanol–water partition coefficient (Wildman–Crippen LogP) is 3.28. The van der Waals surface area contributed by atoms with Crippen LogP contribution in [-0.2, 0) is 0 Å². The standard InChI is InChI=1S/C14H19N3S/c1-9(2)12-14(18-17-16-12)13(15-4)11-8-6-5-7-10(11)3/h5-9,13,15H,1-4H3. The molecule has 0 aliphatic heterocycles. The number of nitrogens with zero attached hydrogens (tertiary/aromatic N) is 2. The molecule has 0 aliphatic rings. The molecule has 0 bridgehead atoms. The zero-order valence-electron chi connectivity index (χ0n) is 11.3. The topological polar surface area (TPSA) is 37.8 Å². The molecule has 4 heteroatoms. The Labute approximate surface area is 112 Å². The highest BCUT2D eigenvalue weighted by atomic mass is 32.1. The number of benzene rings is 1. The monoisotopic (exact) mass is 261 g/mol. The number of rotatable bonds is 4. The van der Waals surface area contributed by atoms with Crippen molar-refractivity contribution >= 4 is 11.5 Å². The van der Waals surface area contributed by atoms with E-state index in [1.807, 2.05) is 7.05 Å². The van der Waals surface area contributed by atoms with Crippen molar-refractivity contribution in [3.05, 3.63) is 46.0 Å². The lowest BCUT2D eigenvalue weighted by Crippen LogP contribution is -2.19. The molecule has 0 fully saturated rings. The minimum atomic E-state index is 0.184. The highest BCUT2D eigenvalue weighted by Crippen LogP contribution is 2.31. The minimum absolute atomic E-state index is 0.184. The fraction of sp³-hybridized carbons (Fsp3) is 0.429. The van der Waals surface area contributed by atoms with Crippen LogP contribution >= 0.6 is 11.5 Å². The van der Waals surface area contributed by atoms with Gasteiger partial charge in [0.25, 0.3) is 0 Å². The Balaban J connectivity index is 2.46. The molecule has 1 aromatic carbocycles. The Morgan fingerprint density at radius 3 is 2.56 bits per heavy atom. The summed E-state index contributed by atoms with van der Waals surface area (Å²) in [6.07, 6.45) is 0. The molecule has 96 valence electrons. The normalized spacial score (nSPS) is 12.9. The van der Waals surface area contributed by atoms with Crippen molar-refractivity contribution in [2.45, 2.75) is 32.7 Å². The summed E-state index contributed by atoms with van der Waals surface area (Å²) in [5, 5.41) is 7.66. The molecule has 1 aromatic heterocycles. The fourth-order valence-electron chi connectivity index (χ4n) is 2.14. The molecule has 0 saturated heterocycles. The molecule has 1 unspecified atom stereocenters. The Morgan fingerprint density at radius 2 is 1.94 bits per heavy atom. The van der Waals surface area contributed by atoms with Gasteiger partial charge in [0.2, 0.25) is 0 Å². The largest absolute Gasteiger partial charge is 0.309 e. The molecular formula is C14H19N3S. The summed E-state index contributed by atoms with van der Waals surface area (Å²) < 4.78 is 4.12. The molecule has 1 heterocycles. The van der Waals surface area contributed by atoms with Gasteiger partial charge in [0.15, 0.2) is 0 Å². The van der Waals surface area contributed by atoms with Crippen molar-refractivity contribution in [1.29, 1.82) is 0 Å². The van der Waals surface area contributed by atoms with E-state index >= 15 is 0 Å². The fourth-order valence-corrected chi connectivity index (χ4v) is 3.08. The molecular weight excluding hydrogens is 242 g/mol. The van der Waals surface area contributed by atoms with Crippen LogP contribution in [0.5, 0.6) is 0 Å². The number of aryl methyl sites for hydroxylation is 1. The molecule has 0 radical (unpaired) electrons. The Bertz CT molecular complexity index is 519. The van der Waals surface area contributed by atoms with E-state index in [0.29, 0.717) is 5.92 Å². The summed E-state index contributed by atoms with van der Waals surface area (Å²) in [5.41, 5.74) is 3.69. The van der Waals surface area contributed by atoms with Gasteiger partial charge in [0, 0.05) is 0 Å². The van der Waals surface area contributed by atoms with Crippen molar-refractivity contribution in [3.8, 4) is 0 Å². The second kappa shape index (κ2) is 5.59. The molecule has 3 nitrogen and oxygen atoms in total. The molecule has 0 aliphatic carbocycles. The lowest BCUT2D eigenvalue weighted by molar-refractivity contribution is 0.675. The van der Waals surface area contributed by atoms with Crippen molar-refractivity contribution in [3.63, 3.8) is 0 Å². The third kappa shape index (κ3) is 2.44. The second-order valence-corrected chi connectivity index (χ2v) is 5.54. The number of nitrogens with one attached hydrogen (secondary N) is 1. The highest BCUT2D eigenvalue weighted by molar-refractivity contribution is 7.05. The van der Waals surface area contributed by atoms with Gasteiger partial charge in [-0.25, -0.2) is 0 Å². The third-order valence-electron chi connectivity index (χ3n) is 3.14. The molecule has 0 saturated carbocycles. The van der Waals surface area contributed by atoms with Gasteiger partial charge in [0.05, 0.1) is 16.6 Å². The zero-order valence-corrected chi connectivity index (χ0v) is 12.1. The summed E-state index contributed by atoms with van der Waals surface area (Å²) in [6.45, 7) is 6.46. The molecule has 0 spiro atoms. The lowest BCUT2D eigenvalue weighted by Gasteiger charge is -2.18. The Morgan fingerprint density at radius 1 is 1.22 bits per heavy atom. The third-order valence-corrected chi connectivity index (χ3v) is 3.94. The summed E-state index contributed by atoms with van der Waals surface area (Å²) in [6, 6.07) is 8.64. The van der Waals surface area contributed by atoms with Crippen molar-refractivity contribution in [2.75, 3.05) is 7.05 Å². The van der Waals surface area contributed by atoms with Gasteiger partial charge in [-0.15, -0.1) is 5.10 Å². The van der Waals surface area contributed by atoms with E-state index in [-0.39, 0.29) is 6.04 Å². The smallest absolute Gasteiger partial charge is 0.0832 e. The Hall–Kier alpha value is -1.26. The van der Waals surface area contributed by atoms with Crippen LogP contribution in [-0.4, -0.2) is 16.6 Å². The molecule has 1 N–H and O–H groups in total.